The average Bonchev–Trinajstić information content (AvgIpc) is 2.47. The Balaban J connectivity index is 2.58. The molecule has 1 heterocycles. The van der Waals surface area contributed by atoms with Crippen molar-refractivity contribution in [2.45, 2.75) is 18.9 Å². The molecule has 1 rings (SSSR count). The minimum Gasteiger partial charge on any atom is -0.323 e. The van der Waals surface area contributed by atoms with Crippen LogP contribution in [0.2, 0.25) is 0 Å². The van der Waals surface area contributed by atoms with Gasteiger partial charge in [0.1, 0.15) is 0 Å². The Morgan fingerprint density at radius 3 is 3.08 bits per heavy atom. The summed E-state index contributed by atoms with van der Waals surface area (Å²) in [7, 11) is 1.91. The van der Waals surface area contributed by atoms with Crippen LogP contribution in [0.4, 0.5) is 0 Å². The lowest BCUT2D eigenvalue weighted by Gasteiger charge is -2.09. The molecule has 66 valence electrons. The van der Waals surface area contributed by atoms with Crippen molar-refractivity contribution in [3.05, 3.63) is 30.6 Å². The summed E-state index contributed by atoms with van der Waals surface area (Å²) >= 11 is 0. The van der Waals surface area contributed by atoms with Gasteiger partial charge in [0.15, 0.2) is 0 Å². The van der Waals surface area contributed by atoms with Crippen LogP contribution in [0, 0.1) is 0 Å². The van der Waals surface area contributed by atoms with Crippen LogP contribution >= 0.6 is 0 Å². The first kappa shape index (κ1) is 9.00. The first-order valence-electron chi connectivity index (χ1n) is 4.10. The van der Waals surface area contributed by atoms with Crippen molar-refractivity contribution in [2.24, 2.45) is 12.8 Å². The van der Waals surface area contributed by atoms with E-state index in [1.54, 1.807) is 6.20 Å². The molecular weight excluding hydrogens is 150 g/mol. The zero-order valence-corrected chi connectivity index (χ0v) is 7.40. The lowest BCUT2D eigenvalue weighted by molar-refractivity contribution is 0.587. The highest BCUT2D eigenvalue weighted by molar-refractivity contribution is 5.05. The standard InChI is InChI=1S/C9H15N3/c1-3-4-5-8(10)9-6-7-11-12(9)2/h3,6-8H,1,4-5,10H2,2H3. The molecule has 0 spiro atoms. The summed E-state index contributed by atoms with van der Waals surface area (Å²) in [6.07, 6.45) is 5.54. The molecule has 3 nitrogen and oxygen atoms in total. The van der Waals surface area contributed by atoms with Gasteiger partial charge in [-0.3, -0.25) is 4.68 Å². The molecule has 0 amide bonds. The normalized spacial score (nSPS) is 12.8. The van der Waals surface area contributed by atoms with Gasteiger partial charge in [0.05, 0.1) is 5.69 Å². The van der Waals surface area contributed by atoms with Gasteiger partial charge in [-0.25, -0.2) is 0 Å². The molecule has 12 heavy (non-hydrogen) atoms. The molecule has 0 aliphatic carbocycles. The molecule has 3 heteroatoms. The van der Waals surface area contributed by atoms with E-state index in [0.29, 0.717) is 0 Å². The topological polar surface area (TPSA) is 43.8 Å². The Morgan fingerprint density at radius 1 is 1.83 bits per heavy atom. The van der Waals surface area contributed by atoms with E-state index < -0.39 is 0 Å². The lowest BCUT2D eigenvalue weighted by Crippen LogP contribution is -2.14. The largest absolute Gasteiger partial charge is 0.323 e. The van der Waals surface area contributed by atoms with Crippen LogP contribution in [0.15, 0.2) is 24.9 Å². The van der Waals surface area contributed by atoms with Gasteiger partial charge in [0, 0.05) is 19.3 Å². The summed E-state index contributed by atoms with van der Waals surface area (Å²) < 4.78 is 1.81. The molecule has 2 N–H and O–H groups in total. The zero-order chi connectivity index (χ0) is 8.97. The number of aryl methyl sites for hydroxylation is 1. The molecule has 0 aliphatic rings. The minimum absolute atomic E-state index is 0.0792. The van der Waals surface area contributed by atoms with Gasteiger partial charge in [0.25, 0.3) is 0 Å². The summed E-state index contributed by atoms with van der Waals surface area (Å²) in [5.74, 6) is 0. The molecule has 0 aromatic carbocycles. The quantitative estimate of drug-likeness (QED) is 0.685. The Kier molecular flexibility index (Phi) is 3.05. The lowest BCUT2D eigenvalue weighted by atomic mass is 10.1. The van der Waals surface area contributed by atoms with Crippen LogP contribution in [0.5, 0.6) is 0 Å². The average molecular weight is 165 g/mol. The second-order valence-electron chi connectivity index (χ2n) is 2.85. The molecule has 0 aliphatic heterocycles. The first-order chi connectivity index (χ1) is 5.75. The van der Waals surface area contributed by atoms with E-state index >= 15 is 0 Å². The van der Waals surface area contributed by atoms with Crippen molar-refractivity contribution in [1.29, 1.82) is 0 Å². The predicted octanol–water partition coefficient (Wildman–Crippen LogP) is 1.39. The third-order valence-corrected chi connectivity index (χ3v) is 1.92. The maximum Gasteiger partial charge on any atom is 0.0548 e. The highest BCUT2D eigenvalue weighted by atomic mass is 15.3. The van der Waals surface area contributed by atoms with Crippen molar-refractivity contribution in [3.8, 4) is 0 Å². The van der Waals surface area contributed by atoms with Crippen LogP contribution in [-0.4, -0.2) is 9.78 Å². The van der Waals surface area contributed by atoms with E-state index in [1.807, 2.05) is 23.9 Å². The van der Waals surface area contributed by atoms with Gasteiger partial charge in [-0.15, -0.1) is 6.58 Å². The second kappa shape index (κ2) is 4.07. The van der Waals surface area contributed by atoms with Crippen LogP contribution in [0.25, 0.3) is 0 Å². The monoisotopic (exact) mass is 165 g/mol. The van der Waals surface area contributed by atoms with Crippen LogP contribution in [0.1, 0.15) is 24.6 Å². The highest BCUT2D eigenvalue weighted by Crippen LogP contribution is 2.13. The predicted molar refractivity (Wildman–Crippen MR) is 49.6 cm³/mol. The number of aromatic nitrogens is 2. The molecule has 1 atom stereocenters. The molecule has 1 aromatic rings. The van der Waals surface area contributed by atoms with Crippen molar-refractivity contribution < 1.29 is 0 Å². The summed E-state index contributed by atoms with van der Waals surface area (Å²) in [4.78, 5) is 0. The van der Waals surface area contributed by atoms with Crippen molar-refractivity contribution >= 4 is 0 Å². The molecule has 0 fully saturated rings. The van der Waals surface area contributed by atoms with Crippen molar-refractivity contribution in [1.82, 2.24) is 9.78 Å². The number of hydrogen-bond acceptors (Lipinski definition) is 2. The van der Waals surface area contributed by atoms with Crippen molar-refractivity contribution in [2.75, 3.05) is 0 Å². The third kappa shape index (κ3) is 1.95. The molecule has 0 saturated heterocycles. The van der Waals surface area contributed by atoms with Crippen LogP contribution in [0.3, 0.4) is 0 Å². The number of nitrogens with zero attached hydrogens (tertiary/aromatic N) is 2. The van der Waals surface area contributed by atoms with Gasteiger partial charge in [-0.1, -0.05) is 6.08 Å². The molecule has 1 unspecified atom stereocenters. The Morgan fingerprint density at radius 2 is 2.58 bits per heavy atom. The molecular formula is C9H15N3. The van der Waals surface area contributed by atoms with Crippen LogP contribution < -0.4 is 5.73 Å². The Labute approximate surface area is 72.9 Å². The van der Waals surface area contributed by atoms with Crippen LogP contribution in [-0.2, 0) is 7.05 Å². The molecule has 0 bridgehead atoms. The van der Waals surface area contributed by atoms with E-state index in [-0.39, 0.29) is 6.04 Å². The zero-order valence-electron chi connectivity index (χ0n) is 7.40. The van der Waals surface area contributed by atoms with Gasteiger partial charge in [0.2, 0.25) is 0 Å². The maximum absolute atomic E-state index is 5.92. The minimum atomic E-state index is 0.0792. The molecule has 0 saturated carbocycles. The summed E-state index contributed by atoms with van der Waals surface area (Å²) in [5, 5.41) is 4.06. The van der Waals surface area contributed by atoms with E-state index in [0.717, 1.165) is 18.5 Å². The van der Waals surface area contributed by atoms with Gasteiger partial charge in [-0.2, -0.15) is 5.10 Å². The second-order valence-corrected chi connectivity index (χ2v) is 2.85. The fourth-order valence-electron chi connectivity index (χ4n) is 1.19. The number of hydrogen-bond donors (Lipinski definition) is 1. The summed E-state index contributed by atoms with van der Waals surface area (Å²) in [5.41, 5.74) is 7.00. The highest BCUT2D eigenvalue weighted by Gasteiger charge is 2.07. The van der Waals surface area contributed by atoms with Gasteiger partial charge >= 0.3 is 0 Å². The summed E-state index contributed by atoms with van der Waals surface area (Å²) in [6.45, 7) is 3.66. The Hall–Kier alpha value is -1.09. The fourth-order valence-corrected chi connectivity index (χ4v) is 1.19. The van der Waals surface area contributed by atoms with E-state index in [1.165, 1.54) is 0 Å². The summed E-state index contributed by atoms with van der Waals surface area (Å²) in [6, 6.07) is 2.03. The van der Waals surface area contributed by atoms with E-state index in [2.05, 4.69) is 11.7 Å². The van der Waals surface area contributed by atoms with E-state index in [4.69, 9.17) is 5.73 Å². The number of allylic oxidation sites excluding steroid dienone is 1. The number of rotatable bonds is 4. The molecule has 0 radical (unpaired) electrons. The first-order valence-corrected chi connectivity index (χ1v) is 4.10. The maximum atomic E-state index is 5.92. The third-order valence-electron chi connectivity index (χ3n) is 1.92. The Bertz CT molecular complexity index is 252. The van der Waals surface area contributed by atoms with Crippen molar-refractivity contribution in [3.63, 3.8) is 0 Å². The smallest absolute Gasteiger partial charge is 0.0548 e. The van der Waals surface area contributed by atoms with Gasteiger partial charge in [-0.05, 0) is 18.9 Å². The van der Waals surface area contributed by atoms with Gasteiger partial charge < -0.3 is 5.73 Å². The fraction of sp³-hybridized carbons (Fsp3) is 0.444. The van der Waals surface area contributed by atoms with E-state index in [9.17, 15) is 0 Å². The number of nitrogens with two attached hydrogens (primary N) is 1. The molecule has 1 aromatic heterocycles. The SMILES string of the molecule is C=CCCC(N)c1ccnn1C.